The average molecular weight is 295 g/mol. The molecule has 0 aliphatic rings. The van der Waals surface area contributed by atoms with Crippen molar-refractivity contribution in [1.82, 2.24) is 0 Å². The topological polar surface area (TPSA) is 75.7 Å². The number of nitrogens with two attached hydrogens (primary N) is 1. The van der Waals surface area contributed by atoms with Gasteiger partial charge in [0.25, 0.3) is 0 Å². The first-order valence-corrected chi connectivity index (χ1v) is 7.88. The molecule has 21 heavy (non-hydrogen) atoms. The maximum Gasteiger partial charge on any atom is 0.119 e. The lowest BCUT2D eigenvalue weighted by atomic mass is 9.94. The van der Waals surface area contributed by atoms with Crippen molar-refractivity contribution >= 4 is 0 Å². The summed E-state index contributed by atoms with van der Waals surface area (Å²) in [6.07, 6.45) is 3.28. The number of hydrogen-bond donors (Lipinski definition) is 3. The molecule has 4 heteroatoms. The molecular weight excluding hydrogens is 266 g/mol. The Balaban J connectivity index is 2.67. The molecule has 0 spiro atoms. The lowest BCUT2D eigenvalue weighted by Gasteiger charge is -2.27. The van der Waals surface area contributed by atoms with Crippen LogP contribution in [0.3, 0.4) is 0 Å². The fourth-order valence-corrected chi connectivity index (χ4v) is 2.55. The van der Waals surface area contributed by atoms with Crippen LogP contribution >= 0.6 is 0 Å². The Kier molecular flexibility index (Phi) is 7.72. The molecule has 0 saturated heterocycles. The van der Waals surface area contributed by atoms with Gasteiger partial charge in [-0.1, -0.05) is 38.8 Å². The first kappa shape index (κ1) is 18.0. The van der Waals surface area contributed by atoms with Crippen molar-refractivity contribution in [1.29, 1.82) is 0 Å². The van der Waals surface area contributed by atoms with Crippen LogP contribution in [-0.4, -0.2) is 29.0 Å². The number of benzene rings is 1. The Bertz CT molecular complexity index is 403. The number of aliphatic hydroxyl groups is 2. The summed E-state index contributed by atoms with van der Waals surface area (Å²) in [5.74, 6) is 0.675. The van der Waals surface area contributed by atoms with Crippen LogP contribution in [0.25, 0.3) is 0 Å². The Morgan fingerprint density at radius 3 is 2.48 bits per heavy atom. The zero-order valence-corrected chi connectivity index (χ0v) is 13.2. The predicted molar refractivity (Wildman–Crippen MR) is 85.3 cm³/mol. The molecule has 0 aliphatic heterocycles. The fourth-order valence-electron chi connectivity index (χ4n) is 2.55. The smallest absolute Gasteiger partial charge is 0.119 e. The average Bonchev–Trinajstić information content (AvgIpc) is 2.46. The van der Waals surface area contributed by atoms with E-state index in [-0.39, 0.29) is 6.61 Å². The molecule has 1 aromatic rings. The summed E-state index contributed by atoms with van der Waals surface area (Å²) < 4.78 is 5.75. The minimum atomic E-state index is -0.768. The second-order valence-electron chi connectivity index (χ2n) is 5.68. The predicted octanol–water partition coefficient (Wildman–Crippen LogP) is 2.78. The van der Waals surface area contributed by atoms with Crippen molar-refractivity contribution in [3.05, 3.63) is 29.8 Å². The summed E-state index contributed by atoms with van der Waals surface area (Å²) in [4.78, 5) is 0. The molecule has 4 nitrogen and oxygen atoms in total. The van der Waals surface area contributed by atoms with Gasteiger partial charge in [-0.25, -0.2) is 0 Å². The highest BCUT2D eigenvalue weighted by Crippen LogP contribution is 2.24. The molecule has 1 rings (SSSR count). The van der Waals surface area contributed by atoms with Crippen LogP contribution in [0.5, 0.6) is 5.75 Å². The van der Waals surface area contributed by atoms with Gasteiger partial charge in [-0.15, -0.1) is 0 Å². The molecular formula is C17H29NO3. The van der Waals surface area contributed by atoms with Crippen molar-refractivity contribution in [2.24, 2.45) is 5.73 Å². The highest BCUT2D eigenvalue weighted by atomic mass is 16.5. The first-order chi connectivity index (χ1) is 10.0. The zero-order chi connectivity index (χ0) is 15.7. The quantitative estimate of drug-likeness (QED) is 0.620. The summed E-state index contributed by atoms with van der Waals surface area (Å²) in [5, 5.41) is 20.5. The third-order valence-electron chi connectivity index (χ3n) is 3.62. The Labute approximate surface area is 127 Å². The van der Waals surface area contributed by atoms with E-state index in [0.717, 1.165) is 31.2 Å². The minimum absolute atomic E-state index is 0.283. The maximum absolute atomic E-state index is 10.5. The largest absolute Gasteiger partial charge is 0.491 e. The van der Waals surface area contributed by atoms with Crippen molar-refractivity contribution in [2.75, 3.05) is 13.2 Å². The summed E-state index contributed by atoms with van der Waals surface area (Å²) in [6, 6.07) is 7.37. The molecule has 0 bridgehead atoms. The van der Waals surface area contributed by atoms with Gasteiger partial charge in [-0.2, -0.15) is 0 Å². The molecule has 0 aliphatic carbocycles. The zero-order valence-electron chi connectivity index (χ0n) is 13.2. The summed E-state index contributed by atoms with van der Waals surface area (Å²) in [6.45, 7) is 4.85. The lowest BCUT2D eigenvalue weighted by Crippen LogP contribution is -2.35. The van der Waals surface area contributed by atoms with Crippen LogP contribution < -0.4 is 10.5 Å². The molecule has 0 heterocycles. The third-order valence-corrected chi connectivity index (χ3v) is 3.62. The van der Waals surface area contributed by atoms with Crippen LogP contribution in [0.4, 0.5) is 0 Å². The van der Waals surface area contributed by atoms with E-state index in [4.69, 9.17) is 10.5 Å². The van der Waals surface area contributed by atoms with Crippen molar-refractivity contribution in [3.8, 4) is 5.75 Å². The molecule has 0 fully saturated rings. The number of aliphatic hydroxyl groups excluding tert-OH is 1. The highest BCUT2D eigenvalue weighted by molar-refractivity contribution is 5.30. The first-order valence-electron chi connectivity index (χ1n) is 7.88. The minimum Gasteiger partial charge on any atom is -0.491 e. The molecule has 120 valence electrons. The van der Waals surface area contributed by atoms with Crippen molar-refractivity contribution < 1.29 is 14.9 Å². The monoisotopic (exact) mass is 295 g/mol. The van der Waals surface area contributed by atoms with Crippen molar-refractivity contribution in [3.63, 3.8) is 0 Å². The molecule has 1 atom stereocenters. The van der Waals surface area contributed by atoms with E-state index in [1.54, 1.807) is 0 Å². The standard InChI is InChI=1S/C17H29NO3/c1-3-9-17(20,10-4-2)13-21-15-7-5-6-14(12-15)16(19)8-11-18/h5-7,12,16,19-20H,3-4,8-11,13,18H2,1-2H3/t16-/m0/s1. The van der Waals surface area contributed by atoms with Crippen LogP contribution in [0.1, 0.15) is 57.6 Å². The molecule has 4 N–H and O–H groups in total. The molecule has 0 saturated carbocycles. The summed E-state index contributed by atoms with van der Waals surface area (Å²) in [7, 11) is 0. The summed E-state index contributed by atoms with van der Waals surface area (Å²) >= 11 is 0. The Hall–Kier alpha value is -1.10. The molecule has 1 aromatic carbocycles. The van der Waals surface area contributed by atoms with E-state index < -0.39 is 11.7 Å². The molecule has 0 amide bonds. The normalized spacial score (nSPS) is 13.2. The molecule has 0 aromatic heterocycles. The SMILES string of the molecule is CCCC(O)(CCC)COc1cccc([C@@H](O)CCN)c1. The second kappa shape index (κ2) is 9.03. The Morgan fingerprint density at radius 2 is 1.90 bits per heavy atom. The van der Waals surface area contributed by atoms with Gasteiger partial charge in [0.15, 0.2) is 0 Å². The third kappa shape index (κ3) is 6.04. The van der Waals surface area contributed by atoms with Gasteiger partial charge in [0.2, 0.25) is 0 Å². The van der Waals surface area contributed by atoms with Gasteiger partial charge in [-0.3, -0.25) is 0 Å². The van der Waals surface area contributed by atoms with E-state index in [0.29, 0.717) is 18.7 Å². The maximum atomic E-state index is 10.5. The fraction of sp³-hybridized carbons (Fsp3) is 0.647. The van der Waals surface area contributed by atoms with E-state index in [1.807, 2.05) is 24.3 Å². The van der Waals surface area contributed by atoms with E-state index in [1.165, 1.54) is 0 Å². The second-order valence-corrected chi connectivity index (χ2v) is 5.68. The van der Waals surface area contributed by atoms with Gasteiger partial charge in [0.05, 0.1) is 11.7 Å². The van der Waals surface area contributed by atoms with E-state index in [9.17, 15) is 10.2 Å². The van der Waals surface area contributed by atoms with Crippen molar-refractivity contribution in [2.45, 2.75) is 57.7 Å². The molecule has 0 radical (unpaired) electrons. The molecule has 0 unspecified atom stereocenters. The van der Waals surface area contributed by atoms with Gasteiger partial charge < -0.3 is 20.7 Å². The highest BCUT2D eigenvalue weighted by Gasteiger charge is 2.25. The van der Waals surface area contributed by atoms with Crippen LogP contribution in [0, 0.1) is 0 Å². The van der Waals surface area contributed by atoms with Crippen LogP contribution in [0.15, 0.2) is 24.3 Å². The van der Waals surface area contributed by atoms with Crippen LogP contribution in [0.2, 0.25) is 0 Å². The number of rotatable bonds is 10. The van der Waals surface area contributed by atoms with E-state index >= 15 is 0 Å². The van der Waals surface area contributed by atoms with Gasteiger partial charge >= 0.3 is 0 Å². The van der Waals surface area contributed by atoms with Gasteiger partial charge in [0.1, 0.15) is 12.4 Å². The number of ether oxygens (including phenoxy) is 1. The van der Waals surface area contributed by atoms with Gasteiger partial charge in [0, 0.05) is 0 Å². The summed E-state index contributed by atoms with van der Waals surface area (Å²) in [5.41, 5.74) is 5.49. The number of hydrogen-bond acceptors (Lipinski definition) is 4. The van der Waals surface area contributed by atoms with Gasteiger partial charge in [-0.05, 0) is 43.5 Å². The van der Waals surface area contributed by atoms with Crippen LogP contribution in [-0.2, 0) is 0 Å². The lowest BCUT2D eigenvalue weighted by molar-refractivity contribution is -0.0202. The van der Waals surface area contributed by atoms with E-state index in [2.05, 4.69) is 13.8 Å². The Morgan fingerprint density at radius 1 is 1.24 bits per heavy atom.